The zero-order valence-corrected chi connectivity index (χ0v) is 19.6. The average Bonchev–Trinajstić information content (AvgIpc) is 2.80. The van der Waals surface area contributed by atoms with Gasteiger partial charge in [0.2, 0.25) is 0 Å². The summed E-state index contributed by atoms with van der Waals surface area (Å²) in [4.78, 5) is 0. The van der Waals surface area contributed by atoms with Crippen molar-refractivity contribution in [3.05, 3.63) is 82.7 Å². The van der Waals surface area contributed by atoms with E-state index in [1.807, 2.05) is 31.2 Å². The molecule has 3 rings (SSSR count). The van der Waals surface area contributed by atoms with Crippen molar-refractivity contribution in [2.45, 2.75) is 52.3 Å². The van der Waals surface area contributed by atoms with Gasteiger partial charge in [0.05, 0.1) is 18.6 Å². The molecule has 3 aromatic rings. The molecule has 0 aliphatic carbocycles. The minimum atomic E-state index is -5.07. The van der Waals surface area contributed by atoms with E-state index in [0.717, 1.165) is 23.6 Å². The quantitative estimate of drug-likeness (QED) is 0.277. The lowest BCUT2D eigenvalue weighted by Gasteiger charge is -2.22. The van der Waals surface area contributed by atoms with Crippen molar-refractivity contribution in [1.29, 1.82) is 0 Å². The van der Waals surface area contributed by atoms with Crippen LogP contribution in [-0.2, 0) is 19.0 Å². The second-order valence-electron chi connectivity index (χ2n) is 8.10. The lowest BCUT2D eigenvalue weighted by atomic mass is 9.95. The first-order valence-electron chi connectivity index (χ1n) is 11.2. The fourth-order valence-corrected chi connectivity index (χ4v) is 3.82. The van der Waals surface area contributed by atoms with Gasteiger partial charge in [-0.1, -0.05) is 43.3 Å². The monoisotopic (exact) mass is 496 g/mol. The van der Waals surface area contributed by atoms with Gasteiger partial charge in [0.1, 0.15) is 5.75 Å². The molecule has 0 aliphatic heterocycles. The van der Waals surface area contributed by atoms with Crippen LogP contribution in [0, 0.1) is 12.7 Å². The molecule has 0 amide bonds. The summed E-state index contributed by atoms with van der Waals surface area (Å²) >= 11 is 0. The Morgan fingerprint density at radius 3 is 1.91 bits per heavy atom. The van der Waals surface area contributed by atoms with Gasteiger partial charge in [0, 0.05) is 0 Å². The van der Waals surface area contributed by atoms with E-state index in [9.17, 15) is 26.3 Å². The zero-order chi connectivity index (χ0) is 25.8. The van der Waals surface area contributed by atoms with Gasteiger partial charge in [-0.05, 0) is 72.7 Å². The molecule has 0 atom stereocenters. The topological polar surface area (TPSA) is 18.5 Å². The van der Waals surface area contributed by atoms with Crippen LogP contribution in [0.1, 0.15) is 42.5 Å². The van der Waals surface area contributed by atoms with E-state index >= 15 is 0 Å². The number of hydrogen-bond acceptors (Lipinski definition) is 2. The Morgan fingerprint density at radius 1 is 0.829 bits per heavy atom. The first kappa shape index (κ1) is 26.4. The van der Waals surface area contributed by atoms with Crippen molar-refractivity contribution in [3.8, 4) is 22.6 Å². The molecule has 3 aromatic carbocycles. The van der Waals surface area contributed by atoms with E-state index in [2.05, 4.69) is 0 Å². The fraction of sp³-hybridized carbons (Fsp3) is 0.333. The van der Waals surface area contributed by atoms with E-state index < -0.39 is 47.8 Å². The van der Waals surface area contributed by atoms with Gasteiger partial charge < -0.3 is 9.47 Å². The molecule has 0 heterocycles. The Morgan fingerprint density at radius 2 is 1.40 bits per heavy atom. The van der Waals surface area contributed by atoms with Crippen LogP contribution in [0.2, 0.25) is 0 Å². The maximum absolute atomic E-state index is 14.5. The Labute approximate surface area is 200 Å². The van der Waals surface area contributed by atoms with E-state index in [1.54, 1.807) is 12.1 Å². The third-order valence-corrected chi connectivity index (χ3v) is 5.63. The Kier molecular flexibility index (Phi) is 8.03. The lowest BCUT2D eigenvalue weighted by molar-refractivity contribution is -0.180. The molecule has 0 fully saturated rings. The smallest absolute Gasteiger partial charge is 0.419 e. The van der Waals surface area contributed by atoms with Gasteiger partial charge in [0.25, 0.3) is 0 Å². The average molecular weight is 496 g/mol. The predicted molar refractivity (Wildman–Crippen MR) is 122 cm³/mol. The molecular weight excluding hydrogens is 470 g/mol. The van der Waals surface area contributed by atoms with Gasteiger partial charge in [-0.15, -0.1) is 0 Å². The summed E-state index contributed by atoms with van der Waals surface area (Å²) in [6, 6.07) is 14.9. The summed E-state index contributed by atoms with van der Waals surface area (Å²) in [6.07, 6.45) is -9.74. The molecule has 0 radical (unpaired) electrons. The summed E-state index contributed by atoms with van der Waals surface area (Å²) in [5.41, 5.74) is 0.760. The van der Waals surface area contributed by atoms with Crippen molar-refractivity contribution >= 4 is 0 Å². The lowest BCUT2D eigenvalue weighted by Crippen LogP contribution is -2.26. The molecule has 0 N–H and O–H groups in total. The standard InChI is InChI=1S/C27H26F6O2/c1-4-18-6-8-19(9-7-18)20-10-12-21(13-11-20)35-26(29,30)15-14-22-17(3)16-23(34-5-2)25(28)24(22)27(31,32)33/h6-13,16H,4-5,14-15H2,1-3H3. The Bertz CT molecular complexity index is 1140. The van der Waals surface area contributed by atoms with Crippen molar-refractivity contribution < 1.29 is 35.8 Å². The number of rotatable bonds is 9. The van der Waals surface area contributed by atoms with Crippen LogP contribution >= 0.6 is 0 Å². The molecular formula is C27H26F6O2. The Hall–Kier alpha value is -3.16. The second-order valence-corrected chi connectivity index (χ2v) is 8.10. The van der Waals surface area contributed by atoms with Crippen molar-refractivity contribution in [3.63, 3.8) is 0 Å². The molecule has 0 bridgehead atoms. The molecule has 0 spiro atoms. The van der Waals surface area contributed by atoms with Gasteiger partial charge in [0.15, 0.2) is 11.6 Å². The third-order valence-electron chi connectivity index (χ3n) is 5.63. The highest BCUT2D eigenvalue weighted by Gasteiger charge is 2.40. The molecule has 0 saturated heterocycles. The van der Waals surface area contributed by atoms with Crippen LogP contribution in [0.4, 0.5) is 26.3 Å². The van der Waals surface area contributed by atoms with Crippen LogP contribution in [0.25, 0.3) is 11.1 Å². The number of alkyl halides is 5. The predicted octanol–water partition coefficient (Wildman–Crippen LogP) is 8.39. The SMILES string of the molecule is CCOc1cc(C)c(CCC(F)(F)Oc2ccc(-c3ccc(CC)cc3)cc2)c(C(F)(F)F)c1F. The van der Waals surface area contributed by atoms with Gasteiger partial charge in [-0.25, -0.2) is 4.39 Å². The van der Waals surface area contributed by atoms with E-state index in [-0.39, 0.29) is 17.9 Å². The Balaban J connectivity index is 1.76. The number of halogens is 6. The highest BCUT2D eigenvalue weighted by atomic mass is 19.4. The molecule has 0 aromatic heterocycles. The number of ether oxygens (including phenoxy) is 2. The second kappa shape index (κ2) is 10.6. The number of aryl methyl sites for hydroxylation is 2. The van der Waals surface area contributed by atoms with Crippen molar-refractivity contribution in [1.82, 2.24) is 0 Å². The summed E-state index contributed by atoms with van der Waals surface area (Å²) in [5.74, 6) is -2.30. The van der Waals surface area contributed by atoms with Crippen LogP contribution in [0.3, 0.4) is 0 Å². The third kappa shape index (κ3) is 6.50. The first-order chi connectivity index (χ1) is 16.4. The molecule has 0 aliphatic rings. The normalized spacial score (nSPS) is 12.0. The van der Waals surface area contributed by atoms with E-state index in [1.165, 1.54) is 31.5 Å². The van der Waals surface area contributed by atoms with Crippen LogP contribution in [0.5, 0.6) is 11.5 Å². The molecule has 2 nitrogen and oxygen atoms in total. The molecule has 8 heteroatoms. The molecule has 0 unspecified atom stereocenters. The zero-order valence-electron chi connectivity index (χ0n) is 19.6. The van der Waals surface area contributed by atoms with Crippen molar-refractivity contribution in [2.24, 2.45) is 0 Å². The highest BCUT2D eigenvalue weighted by Crippen LogP contribution is 2.41. The molecule has 188 valence electrons. The summed E-state index contributed by atoms with van der Waals surface area (Å²) in [5, 5.41) is 0. The summed E-state index contributed by atoms with van der Waals surface area (Å²) in [6.45, 7) is 4.81. The van der Waals surface area contributed by atoms with Gasteiger partial charge in [-0.2, -0.15) is 22.0 Å². The van der Waals surface area contributed by atoms with Crippen molar-refractivity contribution in [2.75, 3.05) is 6.61 Å². The highest BCUT2D eigenvalue weighted by molar-refractivity contribution is 5.64. The number of hydrogen-bond donors (Lipinski definition) is 0. The minimum Gasteiger partial charge on any atom is -0.491 e. The molecule has 0 saturated carbocycles. The van der Waals surface area contributed by atoms with Gasteiger partial charge in [-0.3, -0.25) is 0 Å². The summed E-state index contributed by atoms with van der Waals surface area (Å²) in [7, 11) is 0. The fourth-order valence-electron chi connectivity index (χ4n) is 3.82. The largest absolute Gasteiger partial charge is 0.491 e. The maximum Gasteiger partial charge on any atom is 0.419 e. The molecule has 35 heavy (non-hydrogen) atoms. The first-order valence-corrected chi connectivity index (χ1v) is 11.2. The minimum absolute atomic E-state index is 0.0106. The van der Waals surface area contributed by atoms with Crippen LogP contribution in [0.15, 0.2) is 54.6 Å². The van der Waals surface area contributed by atoms with E-state index in [4.69, 9.17) is 9.47 Å². The summed E-state index contributed by atoms with van der Waals surface area (Å²) < 4.78 is 94.1. The van der Waals surface area contributed by atoms with Gasteiger partial charge >= 0.3 is 12.3 Å². The van der Waals surface area contributed by atoms with E-state index in [0.29, 0.717) is 0 Å². The van der Waals surface area contributed by atoms with Crippen LogP contribution in [-0.4, -0.2) is 12.7 Å². The maximum atomic E-state index is 14.5. The number of benzene rings is 3. The van der Waals surface area contributed by atoms with Crippen LogP contribution < -0.4 is 9.47 Å².